The zero-order chi connectivity index (χ0) is 62.6. The molecule has 0 amide bonds. The number of aromatic amines is 2. The molecule has 16 heteroatoms. The van der Waals surface area contributed by atoms with Crippen molar-refractivity contribution in [3.8, 4) is 91.5 Å². The smallest absolute Gasteiger partial charge is 0.211 e. The maximum atomic E-state index is 6.68. The molecule has 0 fully saturated rings. The minimum atomic E-state index is 0.446. The molecule has 4 aromatic carbocycles. The van der Waals surface area contributed by atoms with Crippen molar-refractivity contribution >= 4 is 44.1 Å². The third kappa shape index (κ3) is 14.4. The molecule has 0 spiro atoms. The van der Waals surface area contributed by atoms with Crippen LogP contribution in [-0.4, -0.2) is 39.9 Å². The Morgan fingerprint density at radius 3 is 0.902 bits per heavy atom. The number of benzene rings is 4. The summed E-state index contributed by atoms with van der Waals surface area (Å²) in [5.41, 5.74) is 5.23. The molecule has 16 nitrogen and oxygen atoms in total. The molecule has 466 valence electrons. The third-order valence-corrected chi connectivity index (χ3v) is 17.1. The molecule has 0 aliphatic carbocycles. The second kappa shape index (κ2) is 28.9. The number of aryl methyl sites for hydroxylation is 4. The fraction of sp³-hybridized carbons (Fsp3) is 0.316. The van der Waals surface area contributed by atoms with E-state index in [-0.39, 0.29) is 0 Å². The van der Waals surface area contributed by atoms with Gasteiger partial charge in [-0.3, -0.25) is 0 Å². The number of fused-ring (bicyclic) bond motifs is 20. The first-order chi connectivity index (χ1) is 45.3. The summed E-state index contributed by atoms with van der Waals surface area (Å²) in [6, 6.07) is 40.1. The van der Waals surface area contributed by atoms with Gasteiger partial charge in [-0.15, -0.1) is 0 Å². The highest BCUT2D eigenvalue weighted by Gasteiger charge is 2.25. The minimum absolute atomic E-state index is 0.446. The number of rotatable bonds is 28. The number of pyridine rings is 4. The van der Waals surface area contributed by atoms with Crippen LogP contribution in [0.5, 0.6) is 46.0 Å². The lowest BCUT2D eigenvalue weighted by atomic mass is 10.1. The lowest BCUT2D eigenvalue weighted by molar-refractivity contribution is -0.697. The van der Waals surface area contributed by atoms with Crippen molar-refractivity contribution in [3.05, 3.63) is 171 Å². The van der Waals surface area contributed by atoms with Crippen molar-refractivity contribution in [2.24, 2.45) is 0 Å². The maximum Gasteiger partial charge on any atom is 0.211 e. The number of nitrogens with one attached hydrogen (secondary N) is 2. The molecule has 0 radical (unpaired) electrons. The largest absolute Gasteiger partial charge is 0.451 e. The normalized spacial score (nSPS) is 11.7. The van der Waals surface area contributed by atoms with Crippen LogP contribution in [0.25, 0.3) is 89.7 Å². The van der Waals surface area contributed by atoms with Crippen molar-refractivity contribution < 1.29 is 37.2 Å². The highest BCUT2D eigenvalue weighted by atomic mass is 16.5. The van der Waals surface area contributed by atoms with Crippen LogP contribution < -0.4 is 37.2 Å². The first kappa shape index (κ1) is 60.9. The number of hydrogen-bond donors (Lipinski definition) is 2. The Morgan fingerprint density at radius 2 is 0.576 bits per heavy atom. The summed E-state index contributed by atoms with van der Waals surface area (Å²) < 4.78 is 35.5. The lowest BCUT2D eigenvalue weighted by Crippen LogP contribution is -2.32. The molecule has 11 aromatic rings. The van der Waals surface area contributed by atoms with Gasteiger partial charge in [0.1, 0.15) is 71.8 Å². The highest BCUT2D eigenvalue weighted by Crippen LogP contribution is 2.42. The van der Waals surface area contributed by atoms with Gasteiger partial charge in [0.05, 0.1) is 0 Å². The molecule has 2 aliphatic heterocycles. The van der Waals surface area contributed by atoms with E-state index in [0.29, 0.717) is 68.9 Å². The molecule has 8 bridgehead atoms. The molecule has 9 heterocycles. The third-order valence-electron chi connectivity index (χ3n) is 17.1. The summed E-state index contributed by atoms with van der Waals surface area (Å²) >= 11 is 0. The van der Waals surface area contributed by atoms with Crippen LogP contribution in [0.3, 0.4) is 0 Å². The van der Waals surface area contributed by atoms with Crippen LogP contribution in [0.15, 0.2) is 171 Å². The van der Waals surface area contributed by atoms with Gasteiger partial charge >= 0.3 is 0 Å². The highest BCUT2D eigenvalue weighted by molar-refractivity contribution is 6.07. The van der Waals surface area contributed by atoms with Gasteiger partial charge in [-0.05, 0) is 123 Å². The van der Waals surface area contributed by atoms with E-state index in [2.05, 4.69) is 106 Å². The molecule has 2 N–H and O–H groups in total. The van der Waals surface area contributed by atoms with E-state index in [0.717, 1.165) is 119 Å². The number of H-pyrrole nitrogens is 2. The molecule has 0 saturated heterocycles. The predicted molar refractivity (Wildman–Crippen MR) is 359 cm³/mol. The van der Waals surface area contributed by atoms with E-state index in [1.807, 2.05) is 121 Å². The molecular weight excluding hydrogens is 1140 g/mol. The number of ether oxygens (including phenoxy) is 4. The summed E-state index contributed by atoms with van der Waals surface area (Å²) in [7, 11) is 0. The van der Waals surface area contributed by atoms with Crippen LogP contribution >= 0.6 is 0 Å². The first-order valence-corrected chi connectivity index (χ1v) is 33.4. The van der Waals surface area contributed by atoms with Gasteiger partial charge < -0.3 is 28.9 Å². The molecular formula is C76H82N12O4+4. The molecule has 2 aliphatic rings. The zero-order valence-electron chi connectivity index (χ0n) is 53.4. The quantitative estimate of drug-likeness (QED) is 0.0357. The average molecular weight is 1230 g/mol. The van der Waals surface area contributed by atoms with Gasteiger partial charge in [0.25, 0.3) is 0 Å². The van der Waals surface area contributed by atoms with E-state index in [1.165, 1.54) is 77.0 Å². The Balaban J connectivity index is 0.974. The van der Waals surface area contributed by atoms with Crippen molar-refractivity contribution in [1.82, 2.24) is 39.9 Å². The molecule has 92 heavy (non-hydrogen) atoms. The van der Waals surface area contributed by atoms with E-state index >= 15 is 0 Å². The second-order valence-corrected chi connectivity index (χ2v) is 24.2. The monoisotopic (exact) mass is 1230 g/mol. The van der Waals surface area contributed by atoms with E-state index in [4.69, 9.17) is 48.9 Å². The summed E-state index contributed by atoms with van der Waals surface area (Å²) in [6.45, 7) is 12.6. The zero-order valence-corrected chi connectivity index (χ0v) is 53.4. The second-order valence-electron chi connectivity index (χ2n) is 24.2. The summed E-state index contributed by atoms with van der Waals surface area (Å²) in [6.07, 6.45) is 35.5. The molecule has 0 saturated carbocycles. The Hall–Kier alpha value is -9.96. The Labute approximate surface area is 537 Å². The van der Waals surface area contributed by atoms with Gasteiger partial charge in [-0.25, -0.2) is 48.2 Å². The van der Waals surface area contributed by atoms with Crippen molar-refractivity contribution in [2.45, 2.75) is 157 Å². The maximum absolute atomic E-state index is 6.68. The fourth-order valence-electron chi connectivity index (χ4n) is 12.2. The number of aromatic nitrogens is 12. The van der Waals surface area contributed by atoms with Crippen LogP contribution in [-0.2, 0) is 26.2 Å². The van der Waals surface area contributed by atoms with Crippen LogP contribution in [0.2, 0.25) is 0 Å². The van der Waals surface area contributed by atoms with E-state index in [9.17, 15) is 0 Å². The van der Waals surface area contributed by atoms with Crippen molar-refractivity contribution in [3.63, 3.8) is 0 Å². The number of nitrogens with zero attached hydrogens (tertiary/aromatic N) is 10. The molecule has 7 aromatic heterocycles. The Kier molecular flexibility index (Phi) is 19.1. The predicted octanol–water partition coefficient (Wildman–Crippen LogP) is 17.5. The Bertz CT molecular complexity index is 4310. The minimum Gasteiger partial charge on any atom is -0.451 e. The lowest BCUT2D eigenvalue weighted by Gasteiger charge is -2.07. The summed E-state index contributed by atoms with van der Waals surface area (Å²) in [5, 5.41) is 3.18. The SMILES string of the molecule is CCCCCC[n+]1cccc(Oc2ccc3c(c2)-c2nc-3nc3[nH]c(nc4nc(nc5[nH]c(n2)c2ccc(Oc6ccc[n+](CCCCCC)c6)cc52)-c2ccc(Oc5ccc[n+](CCCCCC)c5)cc2-4)c2ccc(Oc4ccc[n+](CCCCCC)c4)cc32)c1. The van der Waals surface area contributed by atoms with Crippen LogP contribution in [0.4, 0.5) is 0 Å². The van der Waals surface area contributed by atoms with Gasteiger partial charge in [0.15, 0.2) is 71.1 Å². The number of hydrogen-bond acceptors (Lipinski definition) is 10. The number of unbranched alkanes of at least 4 members (excludes halogenated alkanes) is 12. The van der Waals surface area contributed by atoms with Gasteiger partial charge in [0.2, 0.25) is 24.8 Å². The van der Waals surface area contributed by atoms with Gasteiger partial charge in [-0.1, -0.05) is 79.1 Å². The van der Waals surface area contributed by atoms with Crippen molar-refractivity contribution in [1.29, 1.82) is 0 Å². The fourth-order valence-corrected chi connectivity index (χ4v) is 12.2. The first-order valence-electron chi connectivity index (χ1n) is 33.4. The summed E-state index contributed by atoms with van der Waals surface area (Å²) in [5.74, 6) is 7.31. The van der Waals surface area contributed by atoms with E-state index in [1.54, 1.807) is 0 Å². The molecule has 13 rings (SSSR count). The standard InChI is InChI=1S/C76H82N12O4/c1-5-9-13-17-37-85-41-21-25-57(49-85)89-53-29-33-61-65(45-53)73-77-69(61)82-74-67-47-55(91-59-27-23-43-87(51-59)39-19-15-11-7-3)31-35-63(67)71(79-74)84-76-68-48-56(92-60-28-24-44-88(52-60)40-20-16-12-8-4)32-36-64(68)72(80-76)83-75-66-46-54(30-34-62(66)70(78-75)81-73)90-58-26-22-42-86(50-58)38-18-14-10-6-2/h21-36,41-52H,5-20,37-40H2,1-4H3,(H2,77,78,79,80,81,82,83,84)/q+4. The van der Waals surface area contributed by atoms with Gasteiger partial charge in [0, 0.05) is 93.7 Å². The molecule has 0 atom stereocenters. The topological polar surface area (TPSA) is 161 Å². The van der Waals surface area contributed by atoms with E-state index < -0.39 is 0 Å². The summed E-state index contributed by atoms with van der Waals surface area (Å²) in [4.78, 5) is 39.6. The Morgan fingerprint density at radius 1 is 0.283 bits per heavy atom. The van der Waals surface area contributed by atoms with Crippen LogP contribution in [0.1, 0.15) is 130 Å². The van der Waals surface area contributed by atoms with Crippen molar-refractivity contribution in [2.75, 3.05) is 0 Å². The van der Waals surface area contributed by atoms with Crippen LogP contribution in [0, 0.1) is 0 Å². The van der Waals surface area contributed by atoms with Gasteiger partial charge in [-0.2, -0.15) is 0 Å². The average Bonchev–Trinajstić information content (AvgIpc) is 1.62. The molecule has 0 unspecified atom stereocenters.